The van der Waals surface area contributed by atoms with Gasteiger partial charge in [-0.2, -0.15) is 5.10 Å². The summed E-state index contributed by atoms with van der Waals surface area (Å²) >= 11 is 0. The van der Waals surface area contributed by atoms with Crippen molar-refractivity contribution in [1.29, 1.82) is 0 Å². The summed E-state index contributed by atoms with van der Waals surface area (Å²) in [4.78, 5) is 25.9. The van der Waals surface area contributed by atoms with Crippen molar-refractivity contribution >= 4 is 33.0 Å². The molecule has 172 valence electrons. The SMILES string of the molecule is CC(=O)N1CCN(c2ccc(S(=O)(=O)Nc3ccc(-n4cccn4)cc3)cc2[N+](=O)[O-])CC1. The first kappa shape index (κ1) is 22.3. The van der Waals surface area contributed by atoms with E-state index < -0.39 is 14.9 Å². The molecular weight excluding hydrogens is 448 g/mol. The van der Waals surface area contributed by atoms with Crippen LogP contribution in [0.1, 0.15) is 6.92 Å². The Morgan fingerprint density at radius 2 is 1.79 bits per heavy atom. The highest BCUT2D eigenvalue weighted by atomic mass is 32.2. The van der Waals surface area contributed by atoms with E-state index in [2.05, 4.69) is 9.82 Å². The van der Waals surface area contributed by atoms with Gasteiger partial charge in [-0.3, -0.25) is 19.6 Å². The molecular formula is C21H22N6O5S. The minimum Gasteiger partial charge on any atom is -0.362 e. The summed E-state index contributed by atoms with van der Waals surface area (Å²) in [5.74, 6) is -0.0469. The zero-order valence-electron chi connectivity index (χ0n) is 17.8. The molecule has 0 unspecified atom stereocenters. The topological polar surface area (TPSA) is 131 Å². The fourth-order valence-corrected chi connectivity index (χ4v) is 4.74. The summed E-state index contributed by atoms with van der Waals surface area (Å²) < 4.78 is 29.9. The van der Waals surface area contributed by atoms with Crippen molar-refractivity contribution in [2.24, 2.45) is 0 Å². The van der Waals surface area contributed by atoms with E-state index in [0.29, 0.717) is 37.6 Å². The minimum absolute atomic E-state index is 0.0469. The van der Waals surface area contributed by atoms with Crippen LogP contribution in [-0.2, 0) is 14.8 Å². The molecule has 2 aromatic carbocycles. The van der Waals surface area contributed by atoms with Crippen LogP contribution in [0.2, 0.25) is 0 Å². The number of nitrogens with zero attached hydrogens (tertiary/aromatic N) is 5. The van der Waals surface area contributed by atoms with E-state index in [1.165, 1.54) is 19.1 Å². The number of aromatic nitrogens is 2. The first-order valence-corrected chi connectivity index (χ1v) is 11.6. The zero-order chi connectivity index (χ0) is 23.6. The number of carbonyl (C=O) groups excluding carboxylic acids is 1. The Morgan fingerprint density at radius 1 is 1.09 bits per heavy atom. The van der Waals surface area contributed by atoms with Crippen molar-refractivity contribution in [3.05, 3.63) is 71.0 Å². The number of rotatable bonds is 6. The molecule has 0 saturated carbocycles. The molecule has 0 bridgehead atoms. The molecule has 0 spiro atoms. The molecule has 11 nitrogen and oxygen atoms in total. The average Bonchev–Trinajstić information content (AvgIpc) is 3.34. The number of hydrogen-bond donors (Lipinski definition) is 1. The van der Waals surface area contributed by atoms with E-state index in [4.69, 9.17) is 0 Å². The second-order valence-corrected chi connectivity index (χ2v) is 9.19. The first-order valence-electron chi connectivity index (χ1n) is 10.2. The number of hydrogen-bond acceptors (Lipinski definition) is 7. The van der Waals surface area contributed by atoms with Crippen LogP contribution in [0.5, 0.6) is 0 Å². The third-order valence-electron chi connectivity index (χ3n) is 5.41. The van der Waals surface area contributed by atoms with Gasteiger partial charge < -0.3 is 9.80 Å². The van der Waals surface area contributed by atoms with Crippen LogP contribution < -0.4 is 9.62 Å². The lowest BCUT2D eigenvalue weighted by atomic mass is 10.2. The zero-order valence-corrected chi connectivity index (χ0v) is 18.6. The second kappa shape index (κ2) is 8.90. The molecule has 3 aromatic rings. The van der Waals surface area contributed by atoms with E-state index in [-0.39, 0.29) is 16.5 Å². The quantitative estimate of drug-likeness (QED) is 0.432. The molecule has 1 aliphatic heterocycles. The van der Waals surface area contributed by atoms with Gasteiger partial charge in [-0.25, -0.2) is 13.1 Å². The maximum absolute atomic E-state index is 12.9. The Kier molecular flexibility index (Phi) is 6.01. The van der Waals surface area contributed by atoms with Crippen molar-refractivity contribution < 1.29 is 18.1 Å². The van der Waals surface area contributed by atoms with Crippen molar-refractivity contribution in [3.63, 3.8) is 0 Å². The summed E-state index contributed by atoms with van der Waals surface area (Å²) in [5, 5.41) is 15.8. The molecule has 1 aliphatic rings. The summed E-state index contributed by atoms with van der Waals surface area (Å²) in [6.07, 6.45) is 3.40. The Balaban J connectivity index is 1.55. The lowest BCUT2D eigenvalue weighted by molar-refractivity contribution is -0.384. The van der Waals surface area contributed by atoms with Gasteiger partial charge in [0.05, 0.1) is 15.5 Å². The minimum atomic E-state index is -4.05. The van der Waals surface area contributed by atoms with Crippen LogP contribution in [0.15, 0.2) is 65.8 Å². The number of nitro benzene ring substituents is 1. The predicted octanol–water partition coefficient (Wildman–Crippen LogP) is 2.25. The number of carbonyl (C=O) groups is 1. The smallest absolute Gasteiger partial charge is 0.293 e. The highest BCUT2D eigenvalue weighted by Gasteiger charge is 2.27. The number of piperazine rings is 1. The van der Waals surface area contributed by atoms with Crippen molar-refractivity contribution in [2.75, 3.05) is 35.8 Å². The Labute approximate surface area is 190 Å². The molecule has 2 heterocycles. The number of benzene rings is 2. The molecule has 33 heavy (non-hydrogen) atoms. The van der Waals surface area contributed by atoms with Gasteiger partial charge in [0.15, 0.2) is 0 Å². The van der Waals surface area contributed by atoms with Gasteiger partial charge in [0, 0.05) is 57.3 Å². The molecule has 12 heteroatoms. The third kappa shape index (κ3) is 4.80. The summed E-state index contributed by atoms with van der Waals surface area (Å²) in [7, 11) is -4.05. The van der Waals surface area contributed by atoms with Crippen LogP contribution in [0.3, 0.4) is 0 Å². The fourth-order valence-electron chi connectivity index (χ4n) is 3.66. The number of anilines is 2. The standard InChI is InChI=1S/C21H22N6O5S/c1-16(28)24-11-13-25(14-12-24)20-8-7-19(15-21(20)27(29)30)33(31,32)23-17-3-5-18(6-4-17)26-10-2-9-22-26/h2-10,15,23H,11-14H2,1H3. The number of nitro groups is 1. The van der Waals surface area contributed by atoms with Gasteiger partial charge in [-0.1, -0.05) is 0 Å². The van der Waals surface area contributed by atoms with Crippen LogP contribution in [0, 0.1) is 10.1 Å². The van der Waals surface area contributed by atoms with Crippen LogP contribution in [0.4, 0.5) is 17.1 Å². The van der Waals surface area contributed by atoms with Crippen LogP contribution >= 0.6 is 0 Å². The van der Waals surface area contributed by atoms with E-state index >= 15 is 0 Å². The van der Waals surface area contributed by atoms with Gasteiger partial charge in [0.2, 0.25) is 5.91 Å². The van der Waals surface area contributed by atoms with Gasteiger partial charge >= 0.3 is 0 Å². The maximum atomic E-state index is 12.9. The highest BCUT2D eigenvalue weighted by Crippen LogP contribution is 2.32. The van der Waals surface area contributed by atoms with Gasteiger partial charge in [0.1, 0.15) is 5.69 Å². The van der Waals surface area contributed by atoms with Crippen molar-refractivity contribution in [1.82, 2.24) is 14.7 Å². The van der Waals surface area contributed by atoms with E-state index in [9.17, 15) is 23.3 Å². The summed E-state index contributed by atoms with van der Waals surface area (Å²) in [6.45, 7) is 3.22. The second-order valence-electron chi connectivity index (χ2n) is 7.50. The van der Waals surface area contributed by atoms with Crippen molar-refractivity contribution in [3.8, 4) is 5.69 Å². The molecule has 0 radical (unpaired) electrons. The monoisotopic (exact) mass is 470 g/mol. The average molecular weight is 471 g/mol. The molecule has 4 rings (SSSR count). The van der Waals surface area contributed by atoms with Crippen molar-refractivity contribution in [2.45, 2.75) is 11.8 Å². The largest absolute Gasteiger partial charge is 0.362 e. The van der Waals surface area contributed by atoms with Gasteiger partial charge in [-0.15, -0.1) is 0 Å². The highest BCUT2D eigenvalue weighted by molar-refractivity contribution is 7.92. The van der Waals surface area contributed by atoms with Crippen LogP contribution in [0.25, 0.3) is 5.69 Å². The first-order chi connectivity index (χ1) is 15.7. The molecule has 1 saturated heterocycles. The maximum Gasteiger partial charge on any atom is 0.293 e. The molecule has 1 amide bonds. The Hall–Kier alpha value is -3.93. The third-order valence-corrected chi connectivity index (χ3v) is 6.79. The number of amides is 1. The fraction of sp³-hybridized carbons (Fsp3) is 0.238. The lowest BCUT2D eigenvalue weighted by Crippen LogP contribution is -2.48. The van der Waals surface area contributed by atoms with Gasteiger partial charge in [0.25, 0.3) is 15.7 Å². The van der Waals surface area contributed by atoms with Crippen LogP contribution in [-0.4, -0.2) is 60.1 Å². The molecule has 0 aliphatic carbocycles. The Bertz CT molecular complexity index is 1270. The predicted molar refractivity (Wildman–Crippen MR) is 122 cm³/mol. The van der Waals surface area contributed by atoms with E-state index in [1.54, 1.807) is 57.2 Å². The molecule has 1 N–H and O–H groups in total. The van der Waals surface area contributed by atoms with Gasteiger partial charge in [-0.05, 0) is 42.5 Å². The molecule has 1 fully saturated rings. The lowest BCUT2D eigenvalue weighted by Gasteiger charge is -2.35. The number of sulfonamides is 1. The Morgan fingerprint density at radius 3 is 2.36 bits per heavy atom. The summed E-state index contributed by atoms with van der Waals surface area (Å²) in [5.41, 5.74) is 1.10. The van der Waals surface area contributed by atoms with E-state index in [1.807, 2.05) is 0 Å². The van der Waals surface area contributed by atoms with E-state index in [0.717, 1.165) is 11.8 Å². The molecule has 0 atom stereocenters. The summed E-state index contributed by atoms with van der Waals surface area (Å²) in [6, 6.07) is 12.2. The normalized spacial score (nSPS) is 14.2. The number of nitrogens with one attached hydrogen (secondary N) is 1. The molecule has 1 aromatic heterocycles.